The number of carboxylic acids is 1. The van der Waals surface area contributed by atoms with Crippen LogP contribution in [0, 0.1) is 11.3 Å². The maximum Gasteiger partial charge on any atom is 0.320 e. The normalized spacial score (nSPS) is 23.6. The molecule has 1 aliphatic rings. The highest BCUT2D eigenvalue weighted by molar-refractivity contribution is 5.85. The summed E-state index contributed by atoms with van der Waals surface area (Å²) in [5, 5.41) is 8.56. The Morgan fingerprint density at radius 1 is 1.58 bits per heavy atom. The molecule has 1 rings (SSSR count). The summed E-state index contributed by atoms with van der Waals surface area (Å²) in [6, 6.07) is -0.650. The summed E-state index contributed by atoms with van der Waals surface area (Å²) < 4.78 is 0. The van der Waals surface area contributed by atoms with Crippen molar-refractivity contribution in [1.29, 1.82) is 0 Å². The van der Waals surface area contributed by atoms with Gasteiger partial charge >= 0.3 is 5.97 Å². The fraction of sp³-hybridized carbons (Fsp3) is 0.875. The molecule has 3 N–H and O–H groups in total. The van der Waals surface area contributed by atoms with Gasteiger partial charge < -0.3 is 10.8 Å². The molecule has 0 amide bonds. The minimum Gasteiger partial charge on any atom is -0.480 e. The van der Waals surface area contributed by atoms with Gasteiger partial charge in [-0.15, -0.1) is 12.4 Å². The number of aliphatic carboxylic acids is 1. The van der Waals surface area contributed by atoms with Crippen LogP contribution in [-0.2, 0) is 4.79 Å². The van der Waals surface area contributed by atoms with Crippen LogP contribution in [0.5, 0.6) is 0 Å². The molecule has 0 aliphatic heterocycles. The van der Waals surface area contributed by atoms with E-state index in [-0.39, 0.29) is 18.3 Å². The second kappa shape index (κ2) is 3.62. The molecule has 0 aromatic heterocycles. The van der Waals surface area contributed by atoms with Gasteiger partial charge in [0.1, 0.15) is 6.04 Å². The Labute approximate surface area is 78.7 Å². The Bertz CT molecular complexity index is 174. The zero-order valence-corrected chi connectivity index (χ0v) is 8.23. The van der Waals surface area contributed by atoms with E-state index in [2.05, 4.69) is 13.8 Å². The number of rotatable bonds is 2. The molecule has 0 bridgehead atoms. The van der Waals surface area contributed by atoms with Crippen LogP contribution < -0.4 is 5.73 Å². The maximum atomic E-state index is 10.4. The molecular formula is C8H16ClNO2. The molecule has 0 aromatic carbocycles. The average molecular weight is 194 g/mol. The Morgan fingerprint density at radius 3 is 2.25 bits per heavy atom. The molecule has 1 fully saturated rings. The van der Waals surface area contributed by atoms with Crippen molar-refractivity contribution in [1.82, 2.24) is 0 Å². The molecule has 1 saturated carbocycles. The van der Waals surface area contributed by atoms with Crippen LogP contribution in [0.25, 0.3) is 0 Å². The summed E-state index contributed by atoms with van der Waals surface area (Å²) in [6.45, 7) is 4.27. The summed E-state index contributed by atoms with van der Waals surface area (Å²) >= 11 is 0. The molecule has 1 aliphatic carbocycles. The second-order valence-corrected chi connectivity index (χ2v) is 4.20. The van der Waals surface area contributed by atoms with Gasteiger partial charge in [0.05, 0.1) is 0 Å². The van der Waals surface area contributed by atoms with E-state index in [1.165, 1.54) is 0 Å². The maximum absolute atomic E-state index is 10.4. The third-order valence-electron chi connectivity index (χ3n) is 2.42. The molecule has 0 radical (unpaired) electrons. The summed E-state index contributed by atoms with van der Waals surface area (Å²) in [4.78, 5) is 10.4. The third kappa shape index (κ3) is 2.35. The smallest absolute Gasteiger partial charge is 0.320 e. The van der Waals surface area contributed by atoms with Crippen LogP contribution in [0.2, 0.25) is 0 Å². The zero-order chi connectivity index (χ0) is 8.65. The Hall–Kier alpha value is -0.280. The number of hydrogen-bond acceptors (Lipinski definition) is 2. The van der Waals surface area contributed by atoms with Gasteiger partial charge in [0.2, 0.25) is 0 Å². The zero-order valence-electron chi connectivity index (χ0n) is 7.41. The first-order chi connectivity index (χ1) is 4.92. The van der Waals surface area contributed by atoms with Crippen molar-refractivity contribution in [3.63, 3.8) is 0 Å². The number of carbonyl (C=O) groups is 1. The average Bonchev–Trinajstić information content (AvgIpc) is 1.80. The lowest BCUT2D eigenvalue weighted by Gasteiger charge is -2.44. The van der Waals surface area contributed by atoms with Gasteiger partial charge in [-0.05, 0) is 24.2 Å². The highest BCUT2D eigenvalue weighted by Gasteiger charge is 2.41. The van der Waals surface area contributed by atoms with Crippen LogP contribution in [0.1, 0.15) is 26.7 Å². The molecule has 0 aromatic rings. The van der Waals surface area contributed by atoms with E-state index in [9.17, 15) is 4.79 Å². The van der Waals surface area contributed by atoms with E-state index in [1.807, 2.05) is 0 Å². The lowest BCUT2D eigenvalue weighted by atomic mass is 9.62. The number of hydrogen-bond donors (Lipinski definition) is 2. The van der Waals surface area contributed by atoms with E-state index in [0.29, 0.717) is 5.41 Å². The lowest BCUT2D eigenvalue weighted by Crippen LogP contribution is -2.47. The monoisotopic (exact) mass is 193 g/mol. The van der Waals surface area contributed by atoms with Gasteiger partial charge in [-0.3, -0.25) is 4.79 Å². The van der Waals surface area contributed by atoms with Crippen molar-refractivity contribution in [2.24, 2.45) is 17.1 Å². The predicted molar refractivity (Wildman–Crippen MR) is 49.4 cm³/mol. The molecule has 3 nitrogen and oxygen atoms in total. The van der Waals surface area contributed by atoms with Crippen LogP contribution in [0.3, 0.4) is 0 Å². The minimum absolute atomic E-state index is 0. The molecule has 12 heavy (non-hydrogen) atoms. The molecule has 0 heterocycles. The molecule has 1 atom stereocenters. The summed E-state index contributed by atoms with van der Waals surface area (Å²) in [5.41, 5.74) is 5.76. The molecule has 72 valence electrons. The van der Waals surface area contributed by atoms with Crippen molar-refractivity contribution in [3.8, 4) is 0 Å². The molecule has 1 unspecified atom stereocenters. The molecule has 0 spiro atoms. The SMILES string of the molecule is CC1(C)CC(C(N)C(=O)O)C1.Cl. The Morgan fingerprint density at radius 2 is 2.00 bits per heavy atom. The van der Waals surface area contributed by atoms with Gasteiger partial charge in [-0.1, -0.05) is 13.8 Å². The van der Waals surface area contributed by atoms with E-state index < -0.39 is 12.0 Å². The van der Waals surface area contributed by atoms with Gasteiger partial charge in [0, 0.05) is 0 Å². The molecule has 4 heteroatoms. The fourth-order valence-corrected chi connectivity index (χ4v) is 1.82. The van der Waals surface area contributed by atoms with Gasteiger partial charge in [0.15, 0.2) is 0 Å². The van der Waals surface area contributed by atoms with Crippen LogP contribution >= 0.6 is 12.4 Å². The van der Waals surface area contributed by atoms with Crippen LogP contribution in [-0.4, -0.2) is 17.1 Å². The van der Waals surface area contributed by atoms with E-state index in [0.717, 1.165) is 12.8 Å². The topological polar surface area (TPSA) is 63.3 Å². The predicted octanol–water partition coefficient (Wildman–Crippen LogP) is 1.26. The second-order valence-electron chi connectivity index (χ2n) is 4.20. The fourth-order valence-electron chi connectivity index (χ4n) is 1.82. The first-order valence-corrected chi connectivity index (χ1v) is 3.91. The van der Waals surface area contributed by atoms with Gasteiger partial charge in [0.25, 0.3) is 0 Å². The summed E-state index contributed by atoms with van der Waals surface area (Å²) in [7, 11) is 0. The highest BCUT2D eigenvalue weighted by atomic mass is 35.5. The van der Waals surface area contributed by atoms with Gasteiger partial charge in [-0.25, -0.2) is 0 Å². The van der Waals surface area contributed by atoms with E-state index in [4.69, 9.17) is 10.8 Å². The minimum atomic E-state index is -0.870. The highest BCUT2D eigenvalue weighted by Crippen LogP contribution is 2.45. The van der Waals surface area contributed by atoms with Crippen molar-refractivity contribution in [2.75, 3.05) is 0 Å². The number of nitrogens with two attached hydrogens (primary N) is 1. The van der Waals surface area contributed by atoms with Crippen molar-refractivity contribution in [2.45, 2.75) is 32.7 Å². The van der Waals surface area contributed by atoms with E-state index in [1.54, 1.807) is 0 Å². The number of halogens is 1. The van der Waals surface area contributed by atoms with Crippen molar-refractivity contribution in [3.05, 3.63) is 0 Å². The standard InChI is InChI=1S/C8H15NO2.ClH/c1-8(2)3-5(4-8)6(9)7(10)11;/h5-6H,3-4,9H2,1-2H3,(H,10,11);1H. The largest absolute Gasteiger partial charge is 0.480 e. The van der Waals surface area contributed by atoms with Gasteiger partial charge in [-0.2, -0.15) is 0 Å². The lowest BCUT2D eigenvalue weighted by molar-refractivity contribution is -0.142. The van der Waals surface area contributed by atoms with Crippen molar-refractivity contribution < 1.29 is 9.90 Å². The number of carboxylic acid groups (broad SMARTS) is 1. The summed E-state index contributed by atoms with van der Waals surface area (Å²) in [5.74, 6) is -0.673. The first kappa shape index (κ1) is 11.7. The third-order valence-corrected chi connectivity index (χ3v) is 2.42. The Kier molecular flexibility index (Phi) is 3.54. The Balaban J connectivity index is 0.00000121. The van der Waals surface area contributed by atoms with E-state index >= 15 is 0 Å². The molecular weight excluding hydrogens is 178 g/mol. The van der Waals surface area contributed by atoms with Crippen molar-refractivity contribution >= 4 is 18.4 Å². The van der Waals surface area contributed by atoms with Crippen LogP contribution in [0.15, 0.2) is 0 Å². The quantitative estimate of drug-likeness (QED) is 0.694. The summed E-state index contributed by atoms with van der Waals surface area (Å²) in [6.07, 6.45) is 1.89. The first-order valence-electron chi connectivity index (χ1n) is 3.91. The molecule has 0 saturated heterocycles. The van der Waals surface area contributed by atoms with Crippen LogP contribution in [0.4, 0.5) is 0 Å².